The molecule has 0 rings (SSSR count). The Balaban J connectivity index is 0. The monoisotopic (exact) mass is 305 g/mol. The number of halogens is 1. The number of carboxylic acids is 1. The predicted octanol–water partition coefficient (Wildman–Crippen LogP) is 4.90. The number of unbranched alkanes of at least 4 members (excludes halogenated alkanes) is 5. The molecule has 0 aromatic carbocycles. The summed E-state index contributed by atoms with van der Waals surface area (Å²) >= 11 is 5.51. The summed E-state index contributed by atoms with van der Waals surface area (Å²) in [4.78, 5) is 12.4. The molecule has 0 heterocycles. The van der Waals surface area contributed by atoms with Gasteiger partial charge in [0.2, 0.25) is 0 Å². The van der Waals surface area contributed by atoms with Gasteiger partial charge < -0.3 is 10.0 Å². The maximum Gasteiger partial charge on any atom is 0.333 e. The zero-order valence-electron chi connectivity index (χ0n) is 13.8. The lowest BCUT2D eigenvalue weighted by atomic mass is 10.1. The van der Waals surface area contributed by atoms with E-state index in [2.05, 4.69) is 6.92 Å². The summed E-state index contributed by atoms with van der Waals surface area (Å²) in [6.07, 6.45) is 8.77. The number of nitrogens with zero attached hydrogens (tertiary/aromatic N) is 1. The predicted molar refractivity (Wildman–Crippen MR) is 88.4 cm³/mol. The van der Waals surface area contributed by atoms with Gasteiger partial charge in [0.25, 0.3) is 0 Å². The van der Waals surface area contributed by atoms with Gasteiger partial charge in [0.15, 0.2) is 0 Å². The fraction of sp³-hybridized carbons (Fsp3) is 0.812. The molecule has 3 nitrogen and oxygen atoms in total. The molecule has 1 N–H and O–H groups in total. The summed E-state index contributed by atoms with van der Waals surface area (Å²) in [5.74, 6) is 0.00196. The van der Waals surface area contributed by atoms with Crippen LogP contribution in [0, 0.1) is 0 Å². The van der Waals surface area contributed by atoms with Crippen LogP contribution in [0.25, 0.3) is 0 Å². The summed E-state index contributed by atoms with van der Waals surface area (Å²) in [5.41, 5.74) is 1.30. The smallest absolute Gasteiger partial charge is 0.333 e. The number of hydrogen-bond donors (Lipinski definition) is 1. The largest absolute Gasteiger partial charge is 0.478 e. The highest BCUT2D eigenvalue weighted by Gasteiger charge is 2.08. The third-order valence-corrected chi connectivity index (χ3v) is 3.38. The van der Waals surface area contributed by atoms with Crippen LogP contribution in [0.5, 0.6) is 0 Å². The lowest BCUT2D eigenvalue weighted by molar-refractivity contribution is -0.132. The highest BCUT2D eigenvalue weighted by molar-refractivity contribution is 6.17. The second kappa shape index (κ2) is 14.7. The van der Waals surface area contributed by atoms with Crippen molar-refractivity contribution in [2.45, 2.75) is 65.7 Å². The summed E-state index contributed by atoms with van der Waals surface area (Å²) in [5, 5.41) is 8.65. The summed E-state index contributed by atoms with van der Waals surface area (Å²) in [6, 6.07) is 0. The molecule has 0 bridgehead atoms. The van der Waals surface area contributed by atoms with Crippen molar-refractivity contribution in [2.24, 2.45) is 0 Å². The van der Waals surface area contributed by atoms with Crippen LogP contribution < -0.4 is 0 Å². The van der Waals surface area contributed by atoms with Gasteiger partial charge in [-0.1, -0.05) is 46.0 Å². The quantitative estimate of drug-likeness (QED) is 0.374. The number of allylic oxidation sites excluding steroid dienone is 1. The molecule has 0 atom stereocenters. The van der Waals surface area contributed by atoms with Crippen molar-refractivity contribution in [1.29, 1.82) is 0 Å². The lowest BCUT2D eigenvalue weighted by Crippen LogP contribution is -2.15. The zero-order chi connectivity index (χ0) is 16.0. The van der Waals surface area contributed by atoms with E-state index in [0.717, 1.165) is 18.0 Å². The summed E-state index contributed by atoms with van der Waals surface area (Å²) in [6.45, 7) is 5.81. The van der Waals surface area contributed by atoms with Gasteiger partial charge in [-0.3, -0.25) is 0 Å². The topological polar surface area (TPSA) is 40.5 Å². The van der Waals surface area contributed by atoms with Gasteiger partial charge in [0.05, 0.1) is 5.57 Å². The molecule has 0 radical (unpaired) electrons. The van der Waals surface area contributed by atoms with Crippen LogP contribution in [0.2, 0.25) is 0 Å². The molecule has 4 heteroatoms. The molecular weight excluding hydrogens is 274 g/mol. The number of hydrogen-bond acceptors (Lipinski definition) is 2. The van der Waals surface area contributed by atoms with Crippen LogP contribution in [-0.2, 0) is 4.79 Å². The fourth-order valence-electron chi connectivity index (χ4n) is 1.92. The standard InChI is InChI=1S/C8H17Cl.C8H15NO2/c1-2-3-4-5-6-7-8-9;1-5-7(9(3)4)6(2)8(10)11/h2-8H2,1H3;5H2,1-4H3,(H,10,11)/b;7-6+. The van der Waals surface area contributed by atoms with Crippen LogP contribution >= 0.6 is 11.6 Å². The van der Waals surface area contributed by atoms with Crippen LogP contribution in [0.3, 0.4) is 0 Å². The molecule has 0 fully saturated rings. The van der Waals surface area contributed by atoms with Gasteiger partial charge in [-0.15, -0.1) is 11.6 Å². The molecule has 0 aromatic rings. The molecule has 0 amide bonds. The van der Waals surface area contributed by atoms with Crippen molar-refractivity contribution in [2.75, 3.05) is 20.0 Å². The van der Waals surface area contributed by atoms with E-state index in [-0.39, 0.29) is 0 Å². The number of carbonyl (C=O) groups is 1. The van der Waals surface area contributed by atoms with Gasteiger partial charge >= 0.3 is 5.97 Å². The Hall–Kier alpha value is -0.700. The molecule has 0 spiro atoms. The first-order chi connectivity index (χ1) is 9.42. The molecule has 120 valence electrons. The second-order valence-corrected chi connectivity index (χ2v) is 5.46. The Bertz CT molecular complexity index is 270. The van der Waals surface area contributed by atoms with Gasteiger partial charge in [-0.25, -0.2) is 4.79 Å². The minimum absolute atomic E-state index is 0.428. The van der Waals surface area contributed by atoms with Crippen molar-refractivity contribution in [1.82, 2.24) is 4.90 Å². The highest BCUT2D eigenvalue weighted by atomic mass is 35.5. The van der Waals surface area contributed by atoms with Crippen LogP contribution in [0.1, 0.15) is 65.7 Å². The molecule has 0 saturated carbocycles. The van der Waals surface area contributed by atoms with E-state index in [0.29, 0.717) is 5.57 Å². The Kier molecular flexibility index (Phi) is 15.9. The number of alkyl halides is 1. The second-order valence-electron chi connectivity index (χ2n) is 5.08. The van der Waals surface area contributed by atoms with E-state index in [9.17, 15) is 4.79 Å². The lowest BCUT2D eigenvalue weighted by Gasteiger charge is -2.17. The van der Waals surface area contributed by atoms with Gasteiger partial charge in [0.1, 0.15) is 0 Å². The third kappa shape index (κ3) is 12.3. The minimum atomic E-state index is -0.837. The normalized spacial score (nSPS) is 11.3. The maximum absolute atomic E-state index is 10.5. The molecule has 0 aliphatic rings. The first-order valence-electron chi connectivity index (χ1n) is 7.58. The van der Waals surface area contributed by atoms with Crippen molar-refractivity contribution < 1.29 is 9.90 Å². The maximum atomic E-state index is 10.5. The first-order valence-corrected chi connectivity index (χ1v) is 8.12. The molecule has 0 unspecified atom stereocenters. The SMILES string of the molecule is CC/C(=C(/C)C(=O)O)N(C)C.CCCCCCCCCl. The Morgan fingerprint density at radius 1 is 1.05 bits per heavy atom. The third-order valence-electron chi connectivity index (χ3n) is 3.12. The van der Waals surface area contributed by atoms with Crippen molar-refractivity contribution in [3.8, 4) is 0 Å². The Morgan fingerprint density at radius 3 is 1.85 bits per heavy atom. The molecule has 0 aliphatic carbocycles. The molecule has 0 aliphatic heterocycles. The van der Waals surface area contributed by atoms with E-state index < -0.39 is 5.97 Å². The van der Waals surface area contributed by atoms with E-state index in [1.165, 1.54) is 38.5 Å². The summed E-state index contributed by atoms with van der Waals surface area (Å²) < 4.78 is 0. The highest BCUT2D eigenvalue weighted by Crippen LogP contribution is 2.10. The number of carboxylic acid groups (broad SMARTS) is 1. The van der Waals surface area contributed by atoms with Gasteiger partial charge in [0, 0.05) is 25.7 Å². The summed E-state index contributed by atoms with van der Waals surface area (Å²) in [7, 11) is 3.70. The average Bonchev–Trinajstić information content (AvgIpc) is 2.39. The first kappa shape index (κ1) is 21.6. The minimum Gasteiger partial charge on any atom is -0.478 e. The van der Waals surface area contributed by atoms with E-state index >= 15 is 0 Å². The zero-order valence-corrected chi connectivity index (χ0v) is 14.6. The van der Waals surface area contributed by atoms with Crippen LogP contribution in [-0.4, -0.2) is 36.0 Å². The van der Waals surface area contributed by atoms with Crippen LogP contribution in [0.15, 0.2) is 11.3 Å². The fourth-order valence-corrected chi connectivity index (χ4v) is 2.10. The Morgan fingerprint density at radius 2 is 1.55 bits per heavy atom. The van der Waals surface area contributed by atoms with Crippen LogP contribution in [0.4, 0.5) is 0 Å². The van der Waals surface area contributed by atoms with E-state index in [1.807, 2.05) is 25.9 Å². The van der Waals surface area contributed by atoms with Crippen molar-refractivity contribution in [3.05, 3.63) is 11.3 Å². The Labute approximate surface area is 130 Å². The van der Waals surface area contributed by atoms with E-state index in [4.69, 9.17) is 16.7 Å². The molecular formula is C16H32ClNO2. The average molecular weight is 306 g/mol. The number of rotatable bonds is 9. The molecule has 20 heavy (non-hydrogen) atoms. The van der Waals surface area contributed by atoms with Gasteiger partial charge in [-0.05, 0) is 19.8 Å². The van der Waals surface area contributed by atoms with Crippen molar-refractivity contribution in [3.63, 3.8) is 0 Å². The number of aliphatic carboxylic acids is 1. The van der Waals surface area contributed by atoms with E-state index in [1.54, 1.807) is 6.92 Å². The van der Waals surface area contributed by atoms with Crippen molar-refractivity contribution >= 4 is 17.6 Å². The van der Waals surface area contributed by atoms with Gasteiger partial charge in [-0.2, -0.15) is 0 Å². The molecule has 0 aromatic heterocycles. The molecule has 0 saturated heterocycles.